The van der Waals surface area contributed by atoms with Crippen molar-refractivity contribution in [3.8, 4) is 0 Å². The number of carbonyl (C=O) groups is 2. The summed E-state index contributed by atoms with van der Waals surface area (Å²) in [6.45, 7) is 1.93. The Morgan fingerprint density at radius 1 is 1.07 bits per heavy atom. The van der Waals surface area contributed by atoms with E-state index in [1.807, 2.05) is 66.8 Å². The van der Waals surface area contributed by atoms with Gasteiger partial charge in [-0.3, -0.25) is 9.59 Å². The summed E-state index contributed by atoms with van der Waals surface area (Å²) in [7, 11) is 0. The molecule has 148 valence electrons. The third-order valence-corrected chi connectivity index (χ3v) is 4.88. The van der Waals surface area contributed by atoms with Crippen LogP contribution in [0.1, 0.15) is 35.6 Å². The van der Waals surface area contributed by atoms with E-state index in [9.17, 15) is 22.8 Å². The molecule has 28 heavy (non-hydrogen) atoms. The highest BCUT2D eigenvalue weighted by Gasteiger charge is 2.46. The van der Waals surface area contributed by atoms with Crippen molar-refractivity contribution in [1.82, 2.24) is 10.6 Å². The Kier molecular flexibility index (Phi) is 5.72. The molecule has 0 spiro atoms. The summed E-state index contributed by atoms with van der Waals surface area (Å²) in [5, 5.41) is 4.77. The lowest BCUT2D eigenvalue weighted by Gasteiger charge is -2.31. The summed E-state index contributed by atoms with van der Waals surface area (Å²) in [5.74, 6) is -2.61. The van der Waals surface area contributed by atoms with E-state index in [4.69, 9.17) is 0 Å². The fraction of sp³-hybridized carbons (Fsp3) is 0.333. The normalized spacial score (nSPS) is 20.9. The van der Waals surface area contributed by atoms with Crippen molar-refractivity contribution in [2.45, 2.75) is 38.0 Å². The average molecular weight is 390 g/mol. The van der Waals surface area contributed by atoms with Crippen LogP contribution in [0.3, 0.4) is 0 Å². The number of alkyl halides is 3. The lowest BCUT2D eigenvalue weighted by atomic mass is 9.91. The maximum Gasteiger partial charge on any atom is 0.408 e. The van der Waals surface area contributed by atoms with Crippen molar-refractivity contribution in [2.24, 2.45) is 5.92 Å². The Morgan fingerprint density at radius 2 is 1.75 bits per heavy atom. The molecule has 1 aliphatic heterocycles. The topological polar surface area (TPSA) is 58.2 Å². The summed E-state index contributed by atoms with van der Waals surface area (Å²) < 4.78 is 38.5. The smallest absolute Gasteiger partial charge is 0.344 e. The molecule has 1 fully saturated rings. The number of hydrogen-bond donors (Lipinski definition) is 2. The molecule has 1 heterocycles. The van der Waals surface area contributed by atoms with Crippen LogP contribution in [0.25, 0.3) is 0 Å². The van der Waals surface area contributed by atoms with Crippen LogP contribution < -0.4 is 10.6 Å². The number of benzene rings is 2. The highest BCUT2D eigenvalue weighted by molar-refractivity contribution is 6.01. The Hall–Kier alpha value is -2.83. The molecule has 0 aliphatic carbocycles. The molecule has 4 nitrogen and oxygen atoms in total. The third-order valence-electron chi connectivity index (χ3n) is 4.88. The molecule has 1 saturated heterocycles. The van der Waals surface area contributed by atoms with Crippen LogP contribution in [0.4, 0.5) is 13.2 Å². The van der Waals surface area contributed by atoms with E-state index in [0.717, 1.165) is 16.7 Å². The number of halogens is 3. The maximum atomic E-state index is 12.8. The summed E-state index contributed by atoms with van der Waals surface area (Å²) >= 11 is 0. The lowest BCUT2D eigenvalue weighted by molar-refractivity contribution is -0.171. The average Bonchev–Trinajstić information content (AvgIpc) is 2.65. The van der Waals surface area contributed by atoms with Gasteiger partial charge in [0.2, 0.25) is 11.8 Å². The van der Waals surface area contributed by atoms with Gasteiger partial charge in [0.25, 0.3) is 0 Å². The fourth-order valence-electron chi connectivity index (χ4n) is 3.40. The zero-order chi connectivity index (χ0) is 20.3. The second-order valence-corrected chi connectivity index (χ2v) is 7.00. The van der Waals surface area contributed by atoms with Crippen LogP contribution in [-0.4, -0.2) is 24.0 Å². The predicted molar refractivity (Wildman–Crippen MR) is 98.3 cm³/mol. The van der Waals surface area contributed by atoms with Gasteiger partial charge >= 0.3 is 6.18 Å². The minimum Gasteiger partial charge on any atom is -0.344 e. The lowest BCUT2D eigenvalue weighted by Crippen LogP contribution is -2.54. The van der Waals surface area contributed by atoms with Crippen molar-refractivity contribution in [3.05, 3.63) is 71.3 Å². The van der Waals surface area contributed by atoms with Gasteiger partial charge in [-0.15, -0.1) is 0 Å². The standard InChI is InChI=1S/C21H21F3N2O2/c1-13-6-5-9-15(12-13)18(14-7-3-2-4-8-14)26-20(28)16-10-11-17(21(22,23)24)25-19(16)27/h2-9,12,16-18H,10-11H2,1H3,(H,25,27)(H,26,28). The van der Waals surface area contributed by atoms with Crippen LogP contribution in [0.15, 0.2) is 54.6 Å². The van der Waals surface area contributed by atoms with Crippen molar-refractivity contribution in [3.63, 3.8) is 0 Å². The van der Waals surface area contributed by atoms with Gasteiger partial charge in [-0.25, -0.2) is 0 Å². The van der Waals surface area contributed by atoms with Crippen molar-refractivity contribution >= 4 is 11.8 Å². The highest BCUT2D eigenvalue weighted by Crippen LogP contribution is 2.29. The molecule has 2 aromatic rings. The molecule has 1 aliphatic rings. The summed E-state index contributed by atoms with van der Waals surface area (Å²) in [6.07, 6.45) is -4.96. The molecule has 0 aromatic heterocycles. The molecule has 3 atom stereocenters. The van der Waals surface area contributed by atoms with E-state index in [1.165, 1.54) is 0 Å². The third kappa shape index (κ3) is 4.52. The minimum absolute atomic E-state index is 0.142. The van der Waals surface area contributed by atoms with Crippen molar-refractivity contribution < 1.29 is 22.8 Å². The van der Waals surface area contributed by atoms with Crippen molar-refractivity contribution in [1.29, 1.82) is 0 Å². The quantitative estimate of drug-likeness (QED) is 0.783. The first-order valence-corrected chi connectivity index (χ1v) is 9.04. The largest absolute Gasteiger partial charge is 0.408 e. The van der Waals surface area contributed by atoms with Gasteiger partial charge in [-0.2, -0.15) is 13.2 Å². The minimum atomic E-state index is -4.51. The summed E-state index contributed by atoms with van der Waals surface area (Å²) in [5.41, 5.74) is 2.67. The molecule has 3 rings (SSSR count). The molecule has 3 unspecified atom stereocenters. The van der Waals surface area contributed by atoms with Crippen molar-refractivity contribution in [2.75, 3.05) is 0 Å². The van der Waals surface area contributed by atoms with E-state index in [1.54, 1.807) is 0 Å². The first kappa shape index (κ1) is 19.9. The molecule has 2 aromatic carbocycles. The van der Waals surface area contributed by atoms with E-state index in [-0.39, 0.29) is 12.8 Å². The fourth-order valence-corrected chi connectivity index (χ4v) is 3.40. The van der Waals surface area contributed by atoms with Gasteiger partial charge in [0.05, 0.1) is 6.04 Å². The first-order chi connectivity index (χ1) is 13.3. The number of piperidine rings is 1. The highest BCUT2D eigenvalue weighted by atomic mass is 19.4. The number of amides is 2. The molecule has 0 radical (unpaired) electrons. The van der Waals surface area contributed by atoms with Gasteiger partial charge < -0.3 is 10.6 Å². The summed E-state index contributed by atoms with van der Waals surface area (Å²) in [4.78, 5) is 24.9. The molecular formula is C21H21F3N2O2. The zero-order valence-corrected chi connectivity index (χ0v) is 15.3. The molecule has 2 amide bonds. The predicted octanol–water partition coefficient (Wildman–Crippen LogP) is 3.66. The number of aryl methyl sites for hydroxylation is 1. The summed E-state index contributed by atoms with van der Waals surface area (Å²) in [6, 6.07) is 14.4. The number of hydrogen-bond acceptors (Lipinski definition) is 2. The number of carbonyl (C=O) groups excluding carboxylic acids is 2. The van der Waals surface area contributed by atoms with E-state index >= 15 is 0 Å². The van der Waals surface area contributed by atoms with Crippen LogP contribution in [-0.2, 0) is 9.59 Å². The Morgan fingerprint density at radius 3 is 2.36 bits per heavy atom. The second-order valence-electron chi connectivity index (χ2n) is 7.00. The van der Waals surface area contributed by atoms with Gasteiger partial charge in [0, 0.05) is 0 Å². The Balaban J connectivity index is 1.80. The second kappa shape index (κ2) is 8.04. The van der Waals surface area contributed by atoms with Crippen LogP contribution in [0.2, 0.25) is 0 Å². The van der Waals surface area contributed by atoms with Gasteiger partial charge in [-0.05, 0) is 30.9 Å². The van der Waals surface area contributed by atoms with E-state index in [0.29, 0.717) is 0 Å². The monoisotopic (exact) mass is 390 g/mol. The molecular weight excluding hydrogens is 369 g/mol. The van der Waals surface area contributed by atoms with Crippen LogP contribution in [0.5, 0.6) is 0 Å². The Bertz CT molecular complexity index is 852. The van der Waals surface area contributed by atoms with Gasteiger partial charge in [0.1, 0.15) is 12.0 Å². The first-order valence-electron chi connectivity index (χ1n) is 9.04. The SMILES string of the molecule is Cc1cccc(C(NC(=O)C2CCC(C(F)(F)F)NC2=O)c2ccccc2)c1. The van der Waals surface area contributed by atoms with Crippen LogP contribution in [0, 0.1) is 12.8 Å². The number of nitrogens with one attached hydrogen (secondary N) is 2. The van der Waals surface area contributed by atoms with Gasteiger partial charge in [-0.1, -0.05) is 60.2 Å². The number of rotatable bonds is 4. The molecule has 2 N–H and O–H groups in total. The molecule has 7 heteroatoms. The molecule has 0 bridgehead atoms. The zero-order valence-electron chi connectivity index (χ0n) is 15.3. The maximum absolute atomic E-state index is 12.8. The molecule has 0 saturated carbocycles. The van der Waals surface area contributed by atoms with Crippen LogP contribution >= 0.6 is 0 Å². The van der Waals surface area contributed by atoms with E-state index in [2.05, 4.69) is 5.32 Å². The Labute approximate surface area is 161 Å². The van der Waals surface area contributed by atoms with Gasteiger partial charge in [0.15, 0.2) is 0 Å². The van der Waals surface area contributed by atoms with E-state index < -0.39 is 36.0 Å².